The number of benzene rings is 1. The molecule has 1 N–H and O–H groups in total. The summed E-state index contributed by atoms with van der Waals surface area (Å²) in [6.07, 6.45) is 0.458. The maximum absolute atomic E-state index is 11.8. The van der Waals surface area contributed by atoms with Crippen molar-refractivity contribution in [3.05, 3.63) is 34.9 Å². The van der Waals surface area contributed by atoms with E-state index in [0.29, 0.717) is 6.61 Å². The number of morpholine rings is 1. The Bertz CT molecular complexity index is 416. The van der Waals surface area contributed by atoms with Gasteiger partial charge in [0.15, 0.2) is 0 Å². The first-order valence-electron chi connectivity index (χ1n) is 6.22. The quantitative estimate of drug-likeness (QED) is 0.913. The highest BCUT2D eigenvalue weighted by atomic mass is 35.5. The van der Waals surface area contributed by atoms with Gasteiger partial charge in [-0.15, -0.1) is 0 Å². The number of ether oxygens (including phenoxy) is 1. The molecule has 1 aromatic carbocycles. The van der Waals surface area contributed by atoms with E-state index in [9.17, 15) is 4.79 Å². The van der Waals surface area contributed by atoms with E-state index >= 15 is 0 Å². The van der Waals surface area contributed by atoms with Gasteiger partial charge in [-0.25, -0.2) is 0 Å². The first-order valence-corrected chi connectivity index (χ1v) is 6.60. The van der Waals surface area contributed by atoms with E-state index in [1.165, 1.54) is 0 Å². The fraction of sp³-hybridized carbons (Fsp3) is 0.500. The number of amides is 1. The third-order valence-electron chi connectivity index (χ3n) is 3.08. The van der Waals surface area contributed by atoms with Crippen molar-refractivity contribution in [1.29, 1.82) is 0 Å². The van der Waals surface area contributed by atoms with E-state index in [1.807, 2.05) is 38.1 Å². The molecule has 0 bridgehead atoms. The fourth-order valence-electron chi connectivity index (χ4n) is 2.13. The smallest absolute Gasteiger partial charge is 0.249 e. The molecule has 0 unspecified atom stereocenters. The molecule has 1 fully saturated rings. The average Bonchev–Trinajstić information content (AvgIpc) is 2.32. The zero-order valence-electron chi connectivity index (χ0n) is 10.7. The van der Waals surface area contributed by atoms with Crippen LogP contribution in [0.5, 0.6) is 0 Å². The number of rotatable bonds is 3. The zero-order chi connectivity index (χ0) is 13.1. The molecule has 1 saturated heterocycles. The Labute approximate surface area is 112 Å². The molecule has 98 valence electrons. The molecule has 0 aliphatic carbocycles. The average molecular weight is 268 g/mol. The van der Waals surface area contributed by atoms with Crippen molar-refractivity contribution in [2.75, 3.05) is 6.61 Å². The van der Waals surface area contributed by atoms with E-state index < -0.39 is 0 Å². The van der Waals surface area contributed by atoms with Gasteiger partial charge in [-0.1, -0.05) is 37.6 Å². The maximum Gasteiger partial charge on any atom is 0.249 e. The molecule has 2 rings (SSSR count). The van der Waals surface area contributed by atoms with E-state index in [-0.39, 0.29) is 24.0 Å². The van der Waals surface area contributed by atoms with Gasteiger partial charge in [0.2, 0.25) is 5.91 Å². The van der Waals surface area contributed by atoms with Gasteiger partial charge in [0, 0.05) is 5.02 Å². The normalized spacial score (nSPS) is 24.1. The van der Waals surface area contributed by atoms with Crippen molar-refractivity contribution >= 4 is 17.5 Å². The summed E-state index contributed by atoms with van der Waals surface area (Å²) in [5, 5.41) is 3.74. The molecule has 1 aliphatic heterocycles. The number of nitrogens with one attached hydrogen (secondary N) is 1. The molecule has 1 amide bonds. The molecular weight excluding hydrogens is 250 g/mol. The highest BCUT2D eigenvalue weighted by molar-refractivity contribution is 6.30. The van der Waals surface area contributed by atoms with Crippen LogP contribution in [0.2, 0.25) is 5.02 Å². The molecule has 0 spiro atoms. The topological polar surface area (TPSA) is 38.3 Å². The number of carbonyl (C=O) groups is 1. The van der Waals surface area contributed by atoms with Gasteiger partial charge < -0.3 is 10.1 Å². The summed E-state index contributed by atoms with van der Waals surface area (Å²) in [6.45, 7) is 4.55. The van der Waals surface area contributed by atoms with Crippen LogP contribution in [0.1, 0.15) is 19.4 Å². The van der Waals surface area contributed by atoms with Crippen molar-refractivity contribution in [3.8, 4) is 0 Å². The summed E-state index contributed by atoms with van der Waals surface area (Å²) in [6, 6.07) is 7.72. The number of carbonyl (C=O) groups excluding carboxylic acids is 1. The Kier molecular flexibility index (Phi) is 4.25. The van der Waals surface area contributed by atoms with Crippen molar-refractivity contribution in [2.24, 2.45) is 5.92 Å². The van der Waals surface area contributed by atoms with Crippen molar-refractivity contribution < 1.29 is 9.53 Å². The Hall–Kier alpha value is -1.06. The van der Waals surface area contributed by atoms with Gasteiger partial charge in [0.25, 0.3) is 0 Å². The minimum atomic E-state index is -0.313. The zero-order valence-corrected chi connectivity index (χ0v) is 11.4. The minimum Gasteiger partial charge on any atom is -0.366 e. The third kappa shape index (κ3) is 3.24. The van der Waals surface area contributed by atoms with Crippen LogP contribution >= 0.6 is 11.6 Å². The maximum atomic E-state index is 11.8. The van der Waals surface area contributed by atoms with Crippen molar-refractivity contribution in [2.45, 2.75) is 32.4 Å². The molecule has 0 aromatic heterocycles. The standard InChI is InChI=1S/C14H18ClNO2/c1-9(2)13-14(17)16-12(8-18-13)7-10-3-5-11(15)6-4-10/h3-6,9,12-13H,7-8H2,1-2H3,(H,16,17)/t12-,13-/m0/s1. The van der Waals surface area contributed by atoms with Gasteiger partial charge >= 0.3 is 0 Å². The lowest BCUT2D eigenvalue weighted by Crippen LogP contribution is -2.53. The molecular formula is C14H18ClNO2. The molecule has 18 heavy (non-hydrogen) atoms. The van der Waals surface area contributed by atoms with Gasteiger partial charge in [0.1, 0.15) is 6.10 Å². The molecule has 0 radical (unpaired) electrons. The van der Waals surface area contributed by atoms with Gasteiger partial charge in [-0.3, -0.25) is 4.79 Å². The predicted molar refractivity (Wildman–Crippen MR) is 71.7 cm³/mol. The van der Waals surface area contributed by atoms with E-state index in [4.69, 9.17) is 16.3 Å². The largest absolute Gasteiger partial charge is 0.366 e. The Morgan fingerprint density at radius 3 is 2.61 bits per heavy atom. The van der Waals surface area contributed by atoms with Gasteiger partial charge in [0.05, 0.1) is 12.6 Å². The molecule has 4 heteroatoms. The van der Waals surface area contributed by atoms with Crippen LogP contribution in [0, 0.1) is 5.92 Å². The second-order valence-corrected chi connectivity index (χ2v) is 5.47. The first kappa shape index (κ1) is 13.4. The molecule has 2 atom stereocenters. The minimum absolute atomic E-state index is 0.00443. The molecule has 3 nitrogen and oxygen atoms in total. The lowest BCUT2D eigenvalue weighted by Gasteiger charge is -2.31. The SMILES string of the molecule is CC(C)[C@@H]1OC[C@H](Cc2ccc(Cl)cc2)NC1=O. The summed E-state index contributed by atoms with van der Waals surface area (Å²) < 4.78 is 5.62. The number of hydrogen-bond acceptors (Lipinski definition) is 2. The number of hydrogen-bond donors (Lipinski definition) is 1. The van der Waals surface area contributed by atoms with Crippen LogP contribution in [0.3, 0.4) is 0 Å². The van der Waals surface area contributed by atoms with Gasteiger partial charge in [-0.2, -0.15) is 0 Å². The van der Waals surface area contributed by atoms with Crippen molar-refractivity contribution in [3.63, 3.8) is 0 Å². The second kappa shape index (κ2) is 5.72. The summed E-state index contributed by atoms with van der Waals surface area (Å²) >= 11 is 5.84. The van der Waals surface area contributed by atoms with E-state index in [0.717, 1.165) is 17.0 Å². The summed E-state index contributed by atoms with van der Waals surface area (Å²) in [7, 11) is 0. The van der Waals surface area contributed by atoms with Gasteiger partial charge in [-0.05, 0) is 30.0 Å². The highest BCUT2D eigenvalue weighted by Gasteiger charge is 2.30. The van der Waals surface area contributed by atoms with Crippen molar-refractivity contribution in [1.82, 2.24) is 5.32 Å². The van der Waals surface area contributed by atoms with Crippen LogP contribution in [0.15, 0.2) is 24.3 Å². The Balaban J connectivity index is 1.93. The molecule has 0 saturated carbocycles. The summed E-state index contributed by atoms with van der Waals surface area (Å²) in [4.78, 5) is 11.8. The van der Waals surface area contributed by atoms with Crippen LogP contribution in [-0.4, -0.2) is 24.7 Å². The Morgan fingerprint density at radius 1 is 1.39 bits per heavy atom. The van der Waals surface area contributed by atoms with Crippen LogP contribution in [0.4, 0.5) is 0 Å². The first-order chi connectivity index (χ1) is 8.56. The lowest BCUT2D eigenvalue weighted by molar-refractivity contribution is -0.144. The fourth-order valence-corrected chi connectivity index (χ4v) is 2.26. The van der Waals surface area contributed by atoms with E-state index in [1.54, 1.807) is 0 Å². The summed E-state index contributed by atoms with van der Waals surface area (Å²) in [5.74, 6) is 0.205. The van der Waals surface area contributed by atoms with Crippen LogP contribution in [-0.2, 0) is 16.0 Å². The van der Waals surface area contributed by atoms with Crippen LogP contribution in [0.25, 0.3) is 0 Å². The molecule has 1 heterocycles. The summed E-state index contributed by atoms with van der Waals surface area (Å²) in [5.41, 5.74) is 1.15. The van der Waals surface area contributed by atoms with E-state index in [2.05, 4.69) is 5.32 Å². The molecule has 1 aliphatic rings. The number of halogens is 1. The highest BCUT2D eigenvalue weighted by Crippen LogP contribution is 2.16. The lowest BCUT2D eigenvalue weighted by atomic mass is 10.0. The monoisotopic (exact) mass is 267 g/mol. The Morgan fingerprint density at radius 2 is 2.06 bits per heavy atom. The van der Waals surface area contributed by atoms with Crippen LogP contribution < -0.4 is 5.32 Å². The second-order valence-electron chi connectivity index (χ2n) is 5.03. The molecule has 1 aromatic rings. The predicted octanol–water partition coefficient (Wildman–Crippen LogP) is 2.42. The third-order valence-corrected chi connectivity index (χ3v) is 3.33.